The van der Waals surface area contributed by atoms with Gasteiger partial charge >= 0.3 is 22.4 Å². The highest BCUT2D eigenvalue weighted by atomic mass is 32.2. The summed E-state index contributed by atoms with van der Waals surface area (Å²) >= 11 is 0. The lowest BCUT2D eigenvalue weighted by Crippen LogP contribution is -2.56. The number of imidazole rings is 1. The van der Waals surface area contributed by atoms with Gasteiger partial charge in [0.2, 0.25) is 5.82 Å². The molecule has 1 aromatic heterocycles. The molecule has 0 radical (unpaired) electrons. The van der Waals surface area contributed by atoms with E-state index in [1.807, 2.05) is 13.8 Å². The summed E-state index contributed by atoms with van der Waals surface area (Å²) in [5, 5.41) is 2.79. The Morgan fingerprint density at radius 2 is 1.84 bits per heavy atom. The number of aromatic nitrogens is 2. The molecule has 2 aliphatic rings. The first kappa shape index (κ1) is 27.5. The highest BCUT2D eigenvalue weighted by Gasteiger charge is 2.38. The minimum absolute atomic E-state index is 0.0340. The van der Waals surface area contributed by atoms with E-state index in [1.54, 1.807) is 4.90 Å². The topological polar surface area (TPSA) is 100 Å². The third kappa shape index (κ3) is 5.96. The van der Waals surface area contributed by atoms with Crippen LogP contribution in [0.25, 0.3) is 11.0 Å². The summed E-state index contributed by atoms with van der Waals surface area (Å²) in [6, 6.07) is 4.08. The lowest BCUT2D eigenvalue weighted by atomic mass is 10.0. The summed E-state index contributed by atoms with van der Waals surface area (Å²) < 4.78 is 76.9. The molecule has 0 atom stereocenters. The molecule has 10 nitrogen and oxygen atoms in total. The fourth-order valence-electron chi connectivity index (χ4n) is 4.67. The van der Waals surface area contributed by atoms with Crippen molar-refractivity contribution in [2.45, 2.75) is 45.5 Å². The van der Waals surface area contributed by atoms with Crippen molar-refractivity contribution in [3.63, 3.8) is 0 Å². The number of nitrogens with one attached hydrogen (secondary N) is 1. The van der Waals surface area contributed by atoms with Crippen LogP contribution in [0.3, 0.4) is 0 Å². The monoisotopic (exact) mass is 546 g/mol. The number of halogens is 3. The highest BCUT2D eigenvalue weighted by Crippen LogP contribution is 2.34. The number of ether oxygens (including phenoxy) is 1. The molecule has 0 aliphatic carbocycles. The number of carbonyl (C=O) groups is 1. The molecule has 2 fully saturated rings. The van der Waals surface area contributed by atoms with E-state index in [-0.39, 0.29) is 61.9 Å². The van der Waals surface area contributed by atoms with Crippen LogP contribution in [0.15, 0.2) is 18.2 Å². The van der Waals surface area contributed by atoms with E-state index in [0.29, 0.717) is 31.6 Å². The highest BCUT2D eigenvalue weighted by molar-refractivity contribution is 7.90. The molecule has 2 amide bonds. The summed E-state index contributed by atoms with van der Waals surface area (Å²) in [5.74, 6) is -0.955. The van der Waals surface area contributed by atoms with Gasteiger partial charge < -0.3 is 19.5 Å². The minimum atomic E-state index is -4.65. The number of anilines is 1. The predicted octanol–water partition coefficient (Wildman–Crippen LogP) is 2.90. The van der Waals surface area contributed by atoms with Crippen molar-refractivity contribution >= 4 is 33.0 Å². The molecule has 1 aromatic carbocycles. The van der Waals surface area contributed by atoms with Crippen molar-refractivity contribution in [3.05, 3.63) is 24.0 Å². The van der Waals surface area contributed by atoms with Crippen molar-refractivity contribution in [3.8, 4) is 0 Å². The fourth-order valence-corrected chi connectivity index (χ4v) is 6.02. The lowest BCUT2D eigenvalue weighted by Gasteiger charge is -2.36. The fraction of sp³-hybridized carbons (Fsp3) is 0.652. The second-order valence-electron chi connectivity index (χ2n) is 9.74. The zero-order valence-electron chi connectivity index (χ0n) is 21.2. The number of hydrogen-bond donors (Lipinski definition) is 1. The summed E-state index contributed by atoms with van der Waals surface area (Å²) in [7, 11) is -2.61. The molecule has 0 spiro atoms. The lowest BCUT2D eigenvalue weighted by molar-refractivity contribution is -0.147. The number of hydrogen-bond acceptors (Lipinski definition) is 5. The predicted molar refractivity (Wildman–Crippen MR) is 132 cm³/mol. The zero-order valence-corrected chi connectivity index (χ0v) is 22.0. The van der Waals surface area contributed by atoms with E-state index in [9.17, 15) is 26.4 Å². The smallest absolute Gasteiger partial charge is 0.381 e. The van der Waals surface area contributed by atoms with Gasteiger partial charge in [-0.3, -0.25) is 4.31 Å². The van der Waals surface area contributed by atoms with Gasteiger partial charge in [0.1, 0.15) is 0 Å². The molecule has 2 aliphatic heterocycles. The SMILES string of the molecule is CC(C)NC(=O)N1CCN(S(=O)(=O)N(C)c2ccc3c(c2)nc(C(F)(F)F)n3CC2CCOCC2)CC1. The van der Waals surface area contributed by atoms with Gasteiger partial charge in [-0.25, -0.2) is 9.78 Å². The van der Waals surface area contributed by atoms with Gasteiger partial charge in [-0.05, 0) is 50.8 Å². The van der Waals surface area contributed by atoms with Crippen molar-refractivity contribution in [2.24, 2.45) is 5.92 Å². The summed E-state index contributed by atoms with van der Waals surface area (Å²) in [5.41, 5.74) is 0.587. The molecule has 37 heavy (non-hydrogen) atoms. The molecule has 2 saturated heterocycles. The molecule has 3 heterocycles. The average molecular weight is 547 g/mol. The maximum absolute atomic E-state index is 13.8. The van der Waals surface area contributed by atoms with Crippen molar-refractivity contribution < 1.29 is 31.1 Å². The van der Waals surface area contributed by atoms with Crippen molar-refractivity contribution in [1.29, 1.82) is 0 Å². The van der Waals surface area contributed by atoms with Gasteiger partial charge in [0, 0.05) is 59.0 Å². The molecule has 4 rings (SSSR count). The first-order valence-electron chi connectivity index (χ1n) is 12.3. The minimum Gasteiger partial charge on any atom is -0.381 e. The third-order valence-corrected chi connectivity index (χ3v) is 8.66. The van der Waals surface area contributed by atoms with Gasteiger partial charge in [0.05, 0.1) is 16.7 Å². The Labute approximate surface area is 214 Å². The maximum Gasteiger partial charge on any atom is 0.449 e. The Hall–Kier alpha value is -2.58. The Bertz CT molecular complexity index is 1220. The third-order valence-electron chi connectivity index (χ3n) is 6.74. The van der Waals surface area contributed by atoms with E-state index < -0.39 is 22.2 Å². The van der Waals surface area contributed by atoms with Gasteiger partial charge in [-0.1, -0.05) is 0 Å². The van der Waals surface area contributed by atoms with Crippen molar-refractivity contribution in [1.82, 2.24) is 24.1 Å². The molecule has 0 saturated carbocycles. The number of alkyl halides is 3. The van der Waals surface area contributed by atoms with Crippen LogP contribution in [0.1, 0.15) is 32.5 Å². The maximum atomic E-state index is 13.8. The second-order valence-corrected chi connectivity index (χ2v) is 11.7. The van der Waals surface area contributed by atoms with E-state index >= 15 is 0 Å². The second kappa shape index (κ2) is 10.7. The molecule has 0 unspecified atom stereocenters. The Balaban J connectivity index is 1.55. The zero-order chi connectivity index (χ0) is 27.0. The quantitative estimate of drug-likeness (QED) is 0.601. The molecular formula is C23H33F3N6O4S. The number of rotatable bonds is 6. The summed E-state index contributed by atoms with van der Waals surface area (Å²) in [6.45, 7) is 5.57. The molecule has 2 aromatic rings. The number of piperazine rings is 1. The molecule has 1 N–H and O–H groups in total. The largest absolute Gasteiger partial charge is 0.449 e. The first-order valence-corrected chi connectivity index (χ1v) is 13.7. The molecule has 0 bridgehead atoms. The summed E-state index contributed by atoms with van der Waals surface area (Å²) in [6.07, 6.45) is -3.31. The van der Waals surface area contributed by atoms with E-state index in [0.717, 1.165) is 4.31 Å². The number of benzene rings is 1. The van der Waals surface area contributed by atoms with Crippen LogP contribution < -0.4 is 9.62 Å². The van der Waals surface area contributed by atoms with Crippen LogP contribution in [-0.4, -0.2) is 85.7 Å². The Morgan fingerprint density at radius 3 is 2.43 bits per heavy atom. The Morgan fingerprint density at radius 1 is 1.19 bits per heavy atom. The van der Waals surface area contributed by atoms with Gasteiger partial charge in [0.15, 0.2) is 0 Å². The van der Waals surface area contributed by atoms with Gasteiger partial charge in [-0.2, -0.15) is 25.9 Å². The normalized spacial score (nSPS) is 18.5. The standard InChI is InChI=1S/C23H33F3N6O4S/c1-16(2)27-22(33)30-8-10-31(11-9-30)37(34,35)29(3)18-4-5-20-19(14-18)28-21(23(24,25)26)32(20)15-17-6-12-36-13-7-17/h4-5,14,16-17H,6-13,15H2,1-3H3,(H,27,33). The number of nitrogens with zero attached hydrogens (tertiary/aromatic N) is 5. The van der Waals surface area contributed by atoms with Gasteiger partial charge in [0.25, 0.3) is 0 Å². The number of urea groups is 1. The van der Waals surface area contributed by atoms with Crippen LogP contribution in [0, 0.1) is 5.92 Å². The van der Waals surface area contributed by atoms with Crippen LogP contribution in [-0.2, 0) is 27.7 Å². The van der Waals surface area contributed by atoms with Crippen molar-refractivity contribution in [2.75, 3.05) is 50.7 Å². The van der Waals surface area contributed by atoms with E-state index in [1.165, 1.54) is 34.1 Å². The number of carbonyl (C=O) groups excluding carboxylic acids is 1. The van der Waals surface area contributed by atoms with E-state index in [2.05, 4.69) is 10.3 Å². The van der Waals surface area contributed by atoms with E-state index in [4.69, 9.17) is 4.74 Å². The van der Waals surface area contributed by atoms with Crippen LogP contribution in [0.5, 0.6) is 0 Å². The van der Waals surface area contributed by atoms with Gasteiger partial charge in [-0.15, -0.1) is 0 Å². The molecular weight excluding hydrogens is 513 g/mol. The Kier molecular flexibility index (Phi) is 7.91. The molecule has 206 valence electrons. The summed E-state index contributed by atoms with van der Waals surface area (Å²) in [4.78, 5) is 17.6. The average Bonchev–Trinajstić information content (AvgIpc) is 3.22. The number of fused-ring (bicyclic) bond motifs is 1. The molecule has 14 heteroatoms. The number of amides is 2. The first-order chi connectivity index (χ1) is 17.4. The van der Waals surface area contributed by atoms with Crippen LogP contribution in [0.2, 0.25) is 0 Å². The van der Waals surface area contributed by atoms with Crippen LogP contribution in [0.4, 0.5) is 23.7 Å². The van der Waals surface area contributed by atoms with Crippen LogP contribution >= 0.6 is 0 Å².